The summed E-state index contributed by atoms with van der Waals surface area (Å²) in [5.41, 5.74) is 1.38. The highest BCUT2D eigenvalue weighted by atomic mass is 16.5. The fourth-order valence-electron chi connectivity index (χ4n) is 3.13. The SMILES string of the molecule is CCOc1cc(/C=C/C(=O)NCCNC(=O)c2ccccc2)ccc1OCCOc1ccccc1. The molecule has 0 aliphatic heterocycles. The Morgan fingerprint density at radius 1 is 0.771 bits per heavy atom. The van der Waals surface area contributed by atoms with Crippen LogP contribution in [0.4, 0.5) is 0 Å². The standard InChI is InChI=1S/C28H30N2O5/c1-2-33-26-21-22(13-15-25(26)35-20-19-34-24-11-7-4-8-12-24)14-16-27(31)29-17-18-30-28(32)23-9-5-3-6-10-23/h3-16,21H,2,17-20H2,1H3,(H,29,31)(H,30,32)/b16-14+. The van der Waals surface area contributed by atoms with Crippen molar-refractivity contribution in [3.8, 4) is 17.2 Å². The van der Waals surface area contributed by atoms with Crippen LogP contribution in [0, 0.1) is 0 Å². The maximum atomic E-state index is 12.1. The quantitative estimate of drug-likeness (QED) is 0.288. The van der Waals surface area contributed by atoms with Crippen LogP contribution in [-0.4, -0.2) is 44.7 Å². The summed E-state index contributed by atoms with van der Waals surface area (Å²) >= 11 is 0. The molecule has 0 fully saturated rings. The van der Waals surface area contributed by atoms with E-state index in [0.717, 1.165) is 11.3 Å². The highest BCUT2D eigenvalue weighted by Gasteiger charge is 2.07. The summed E-state index contributed by atoms with van der Waals surface area (Å²) in [6.45, 7) is 3.82. The van der Waals surface area contributed by atoms with Gasteiger partial charge in [-0.15, -0.1) is 0 Å². The number of ether oxygens (including phenoxy) is 3. The molecule has 0 saturated carbocycles. The Hall–Kier alpha value is -4.26. The number of benzene rings is 3. The molecule has 0 saturated heterocycles. The van der Waals surface area contributed by atoms with Gasteiger partial charge in [0.15, 0.2) is 11.5 Å². The van der Waals surface area contributed by atoms with Gasteiger partial charge in [-0.2, -0.15) is 0 Å². The summed E-state index contributed by atoms with van der Waals surface area (Å²) in [6.07, 6.45) is 3.14. The van der Waals surface area contributed by atoms with Crippen LogP contribution < -0.4 is 24.8 Å². The molecule has 3 aromatic rings. The Morgan fingerprint density at radius 2 is 1.46 bits per heavy atom. The van der Waals surface area contributed by atoms with Crippen molar-refractivity contribution in [1.82, 2.24) is 10.6 Å². The normalized spacial score (nSPS) is 10.5. The molecule has 0 radical (unpaired) electrons. The number of carbonyl (C=O) groups is 2. The summed E-state index contributed by atoms with van der Waals surface area (Å²) in [5.74, 6) is 1.57. The Morgan fingerprint density at radius 3 is 2.20 bits per heavy atom. The van der Waals surface area contributed by atoms with Crippen LogP contribution in [0.15, 0.2) is 84.9 Å². The molecular formula is C28H30N2O5. The molecule has 0 aliphatic carbocycles. The Kier molecular flexibility index (Phi) is 10.2. The van der Waals surface area contributed by atoms with Gasteiger partial charge in [0, 0.05) is 24.7 Å². The predicted octanol–water partition coefficient (Wildman–Crippen LogP) is 4.10. The maximum absolute atomic E-state index is 12.1. The Balaban J connectivity index is 1.43. The third-order valence-electron chi connectivity index (χ3n) is 4.79. The zero-order valence-electron chi connectivity index (χ0n) is 19.7. The van der Waals surface area contributed by atoms with Crippen molar-refractivity contribution in [2.24, 2.45) is 0 Å². The van der Waals surface area contributed by atoms with Crippen molar-refractivity contribution < 1.29 is 23.8 Å². The van der Waals surface area contributed by atoms with Crippen LogP contribution in [0.5, 0.6) is 17.2 Å². The van der Waals surface area contributed by atoms with Gasteiger partial charge in [0.25, 0.3) is 5.91 Å². The van der Waals surface area contributed by atoms with Gasteiger partial charge in [-0.1, -0.05) is 42.5 Å². The van der Waals surface area contributed by atoms with Crippen molar-refractivity contribution in [1.29, 1.82) is 0 Å². The second kappa shape index (κ2) is 14.1. The van der Waals surface area contributed by atoms with Crippen molar-refractivity contribution in [2.75, 3.05) is 32.9 Å². The number of rotatable bonds is 13. The minimum Gasteiger partial charge on any atom is -0.490 e. The highest BCUT2D eigenvalue weighted by Crippen LogP contribution is 2.29. The summed E-state index contributed by atoms with van der Waals surface area (Å²) in [6, 6.07) is 24.0. The highest BCUT2D eigenvalue weighted by molar-refractivity contribution is 5.94. The molecule has 7 nitrogen and oxygen atoms in total. The zero-order chi connectivity index (χ0) is 24.7. The number of amides is 2. The third kappa shape index (κ3) is 8.89. The second-order valence-electron chi connectivity index (χ2n) is 7.40. The minimum absolute atomic E-state index is 0.173. The Bertz CT molecular complexity index is 1100. The van der Waals surface area contributed by atoms with Gasteiger partial charge >= 0.3 is 0 Å². The van der Waals surface area contributed by atoms with Gasteiger partial charge in [-0.25, -0.2) is 0 Å². The number of nitrogens with one attached hydrogen (secondary N) is 2. The maximum Gasteiger partial charge on any atom is 0.251 e. The molecule has 0 heterocycles. The fourth-order valence-corrected chi connectivity index (χ4v) is 3.13. The first-order valence-electron chi connectivity index (χ1n) is 11.5. The summed E-state index contributed by atoms with van der Waals surface area (Å²) in [7, 11) is 0. The van der Waals surface area contributed by atoms with Gasteiger partial charge in [-0.3, -0.25) is 9.59 Å². The van der Waals surface area contributed by atoms with E-state index in [1.165, 1.54) is 6.08 Å². The number of hydrogen-bond acceptors (Lipinski definition) is 5. The lowest BCUT2D eigenvalue weighted by Gasteiger charge is -2.13. The van der Waals surface area contributed by atoms with Crippen LogP contribution in [0.2, 0.25) is 0 Å². The molecule has 182 valence electrons. The average Bonchev–Trinajstić information content (AvgIpc) is 2.90. The van der Waals surface area contributed by atoms with Crippen molar-refractivity contribution in [2.45, 2.75) is 6.92 Å². The van der Waals surface area contributed by atoms with Crippen LogP contribution in [0.1, 0.15) is 22.8 Å². The van der Waals surface area contributed by atoms with E-state index >= 15 is 0 Å². The van der Waals surface area contributed by atoms with E-state index in [4.69, 9.17) is 14.2 Å². The van der Waals surface area contributed by atoms with Gasteiger partial charge in [0.2, 0.25) is 5.91 Å². The van der Waals surface area contributed by atoms with Crippen LogP contribution in [-0.2, 0) is 4.79 Å². The smallest absolute Gasteiger partial charge is 0.251 e. The van der Waals surface area contributed by atoms with E-state index in [1.54, 1.807) is 30.3 Å². The average molecular weight is 475 g/mol. The minimum atomic E-state index is -0.254. The first kappa shape index (κ1) is 25.4. The first-order valence-corrected chi connectivity index (χ1v) is 11.5. The molecule has 2 amide bonds. The molecule has 7 heteroatoms. The molecule has 0 spiro atoms. The van der Waals surface area contributed by atoms with E-state index in [1.807, 2.05) is 61.5 Å². The Labute approximate surface area is 205 Å². The molecule has 0 aliphatic rings. The van der Waals surface area contributed by atoms with Gasteiger partial charge in [0.1, 0.15) is 19.0 Å². The second-order valence-corrected chi connectivity index (χ2v) is 7.40. The van der Waals surface area contributed by atoms with E-state index in [9.17, 15) is 9.59 Å². The topological polar surface area (TPSA) is 85.9 Å². The van der Waals surface area contributed by atoms with Gasteiger partial charge in [0.05, 0.1) is 6.61 Å². The monoisotopic (exact) mass is 474 g/mol. The summed E-state index contributed by atoms with van der Waals surface area (Å²) in [4.78, 5) is 24.1. The van der Waals surface area contributed by atoms with E-state index in [-0.39, 0.29) is 11.8 Å². The zero-order valence-corrected chi connectivity index (χ0v) is 19.7. The number of hydrogen-bond donors (Lipinski definition) is 2. The largest absolute Gasteiger partial charge is 0.490 e. The lowest BCUT2D eigenvalue weighted by molar-refractivity contribution is -0.116. The summed E-state index contributed by atoms with van der Waals surface area (Å²) < 4.78 is 17.2. The molecule has 0 atom stereocenters. The third-order valence-corrected chi connectivity index (χ3v) is 4.79. The van der Waals surface area contributed by atoms with E-state index < -0.39 is 0 Å². The summed E-state index contributed by atoms with van der Waals surface area (Å²) in [5, 5.41) is 5.52. The van der Waals surface area contributed by atoms with Gasteiger partial charge in [-0.05, 0) is 55.0 Å². The van der Waals surface area contributed by atoms with E-state index in [0.29, 0.717) is 50.0 Å². The first-order chi connectivity index (χ1) is 17.2. The molecule has 2 N–H and O–H groups in total. The molecule has 3 aromatic carbocycles. The van der Waals surface area contributed by atoms with Crippen molar-refractivity contribution >= 4 is 17.9 Å². The molecule has 35 heavy (non-hydrogen) atoms. The van der Waals surface area contributed by atoms with Crippen molar-refractivity contribution in [3.05, 3.63) is 96.1 Å². The lowest BCUT2D eigenvalue weighted by atomic mass is 10.2. The fraction of sp³-hybridized carbons (Fsp3) is 0.214. The van der Waals surface area contributed by atoms with Crippen LogP contribution in [0.3, 0.4) is 0 Å². The molecule has 0 aromatic heterocycles. The van der Waals surface area contributed by atoms with Crippen LogP contribution >= 0.6 is 0 Å². The molecule has 0 bridgehead atoms. The number of para-hydroxylation sites is 1. The predicted molar refractivity (Wildman–Crippen MR) is 136 cm³/mol. The lowest BCUT2D eigenvalue weighted by Crippen LogP contribution is -2.33. The van der Waals surface area contributed by atoms with Crippen LogP contribution in [0.25, 0.3) is 6.08 Å². The molecular weight excluding hydrogens is 444 g/mol. The molecule has 3 rings (SSSR count). The molecule has 0 unspecified atom stereocenters. The van der Waals surface area contributed by atoms with Crippen molar-refractivity contribution in [3.63, 3.8) is 0 Å². The number of carbonyl (C=O) groups excluding carboxylic acids is 2. The van der Waals surface area contributed by atoms with E-state index in [2.05, 4.69) is 10.6 Å². The van der Waals surface area contributed by atoms with Gasteiger partial charge < -0.3 is 24.8 Å².